The summed E-state index contributed by atoms with van der Waals surface area (Å²) in [4.78, 5) is 23.7. The minimum Gasteiger partial charge on any atom is -0.378 e. The van der Waals surface area contributed by atoms with Crippen molar-refractivity contribution in [2.24, 2.45) is 0 Å². The predicted octanol–water partition coefficient (Wildman–Crippen LogP) is 4.63. The lowest BCUT2D eigenvalue weighted by atomic mass is 10.1. The van der Waals surface area contributed by atoms with E-state index in [4.69, 9.17) is 9.72 Å². The number of hydrogen-bond acceptors (Lipinski definition) is 5. The molecule has 4 rings (SSSR count). The molecule has 0 bridgehead atoms. The average molecular weight is 436 g/mol. The zero-order valence-electron chi connectivity index (χ0n) is 18.2. The molecule has 1 fully saturated rings. The molecule has 3 aromatic rings. The Kier molecular flexibility index (Phi) is 6.61. The Balaban J connectivity index is 1.57. The third-order valence-corrected chi connectivity index (χ3v) is 5.37. The van der Waals surface area contributed by atoms with Crippen molar-refractivity contribution in [1.82, 2.24) is 9.97 Å². The quantitative estimate of drug-likeness (QED) is 0.611. The van der Waals surface area contributed by atoms with Crippen LogP contribution in [-0.2, 0) is 11.2 Å². The monoisotopic (exact) mass is 435 g/mol. The molecule has 166 valence electrons. The summed E-state index contributed by atoms with van der Waals surface area (Å²) in [6, 6.07) is 13.1. The Morgan fingerprint density at radius 2 is 1.78 bits per heavy atom. The highest BCUT2D eigenvalue weighted by Crippen LogP contribution is 2.28. The molecular formula is C24H26FN5O2. The predicted molar refractivity (Wildman–Crippen MR) is 124 cm³/mol. The van der Waals surface area contributed by atoms with E-state index in [-0.39, 0.29) is 0 Å². The molecule has 8 heteroatoms. The SMILES string of the molecule is CCc1nc(-c2ccc(NC(=O)Nc3ccccc3)cc2F)nc(N2CCOCC2)c1C. The van der Waals surface area contributed by atoms with Crippen molar-refractivity contribution >= 4 is 23.2 Å². The number of para-hydroxylation sites is 1. The summed E-state index contributed by atoms with van der Waals surface area (Å²) in [6.45, 7) is 6.78. The third-order valence-electron chi connectivity index (χ3n) is 5.37. The van der Waals surface area contributed by atoms with Gasteiger partial charge in [-0.15, -0.1) is 0 Å². The van der Waals surface area contributed by atoms with Crippen LogP contribution >= 0.6 is 0 Å². The first-order valence-electron chi connectivity index (χ1n) is 10.7. The Morgan fingerprint density at radius 1 is 1.06 bits per heavy atom. The van der Waals surface area contributed by atoms with Crippen LogP contribution in [-0.4, -0.2) is 42.3 Å². The van der Waals surface area contributed by atoms with Gasteiger partial charge < -0.3 is 20.3 Å². The van der Waals surface area contributed by atoms with E-state index in [2.05, 4.69) is 20.5 Å². The lowest BCUT2D eigenvalue weighted by molar-refractivity contribution is 0.122. The number of nitrogens with one attached hydrogen (secondary N) is 2. The van der Waals surface area contributed by atoms with Crippen LogP contribution in [0.15, 0.2) is 48.5 Å². The van der Waals surface area contributed by atoms with E-state index in [0.717, 1.165) is 36.6 Å². The summed E-state index contributed by atoms with van der Waals surface area (Å²) < 4.78 is 20.5. The number of urea groups is 1. The Bertz CT molecular complexity index is 1100. The van der Waals surface area contributed by atoms with Crippen molar-refractivity contribution < 1.29 is 13.9 Å². The van der Waals surface area contributed by atoms with Gasteiger partial charge in [0.15, 0.2) is 5.82 Å². The van der Waals surface area contributed by atoms with E-state index in [0.29, 0.717) is 36.0 Å². The number of amides is 2. The first kappa shape index (κ1) is 21.7. The summed E-state index contributed by atoms with van der Waals surface area (Å²) in [7, 11) is 0. The van der Waals surface area contributed by atoms with Gasteiger partial charge in [-0.3, -0.25) is 0 Å². The number of rotatable bonds is 5. The summed E-state index contributed by atoms with van der Waals surface area (Å²) >= 11 is 0. The number of halogens is 1. The van der Waals surface area contributed by atoms with E-state index in [1.54, 1.807) is 24.3 Å². The lowest BCUT2D eigenvalue weighted by Gasteiger charge is -2.29. The number of ether oxygens (including phenoxy) is 1. The second-order valence-electron chi connectivity index (χ2n) is 7.54. The number of aromatic nitrogens is 2. The third kappa shape index (κ3) is 4.86. The van der Waals surface area contributed by atoms with Gasteiger partial charge >= 0.3 is 6.03 Å². The van der Waals surface area contributed by atoms with E-state index in [1.807, 2.05) is 32.0 Å². The number of benzene rings is 2. The Labute approximate surface area is 186 Å². The van der Waals surface area contributed by atoms with Crippen LogP contribution in [0.2, 0.25) is 0 Å². The zero-order chi connectivity index (χ0) is 22.5. The zero-order valence-corrected chi connectivity index (χ0v) is 18.2. The minimum absolute atomic E-state index is 0.295. The second-order valence-corrected chi connectivity index (χ2v) is 7.54. The minimum atomic E-state index is -0.499. The molecule has 0 atom stereocenters. The summed E-state index contributed by atoms with van der Waals surface area (Å²) in [5, 5.41) is 5.36. The normalized spacial score (nSPS) is 13.7. The van der Waals surface area contributed by atoms with Crippen LogP contribution < -0.4 is 15.5 Å². The molecule has 0 aliphatic carbocycles. The fourth-order valence-electron chi connectivity index (χ4n) is 3.69. The first-order chi connectivity index (χ1) is 15.5. The molecule has 32 heavy (non-hydrogen) atoms. The number of hydrogen-bond donors (Lipinski definition) is 2. The molecule has 1 aliphatic heterocycles. The number of anilines is 3. The van der Waals surface area contributed by atoms with Crippen LogP contribution in [0.25, 0.3) is 11.4 Å². The molecule has 2 N–H and O–H groups in total. The molecule has 7 nitrogen and oxygen atoms in total. The fourth-order valence-corrected chi connectivity index (χ4v) is 3.69. The molecule has 0 saturated carbocycles. The van der Waals surface area contributed by atoms with Gasteiger partial charge in [-0.2, -0.15) is 0 Å². The maximum atomic E-state index is 15.0. The summed E-state index contributed by atoms with van der Waals surface area (Å²) in [5.41, 5.74) is 3.19. The average Bonchev–Trinajstić information content (AvgIpc) is 2.81. The fraction of sp³-hybridized carbons (Fsp3) is 0.292. The van der Waals surface area contributed by atoms with Gasteiger partial charge in [0.1, 0.15) is 11.6 Å². The van der Waals surface area contributed by atoms with Gasteiger partial charge in [0.25, 0.3) is 0 Å². The topological polar surface area (TPSA) is 79.4 Å². The van der Waals surface area contributed by atoms with Crippen molar-refractivity contribution in [3.8, 4) is 11.4 Å². The molecule has 0 radical (unpaired) electrons. The molecule has 2 amide bonds. The van der Waals surface area contributed by atoms with Crippen LogP contribution in [0.5, 0.6) is 0 Å². The molecular weight excluding hydrogens is 409 g/mol. The van der Waals surface area contributed by atoms with E-state index in [9.17, 15) is 4.79 Å². The summed E-state index contributed by atoms with van der Waals surface area (Å²) in [6.07, 6.45) is 0.722. The van der Waals surface area contributed by atoms with E-state index < -0.39 is 11.8 Å². The largest absolute Gasteiger partial charge is 0.378 e. The maximum absolute atomic E-state index is 15.0. The number of morpholine rings is 1. The van der Waals surface area contributed by atoms with Gasteiger partial charge in [0, 0.05) is 35.7 Å². The molecule has 0 unspecified atom stereocenters. The van der Waals surface area contributed by atoms with Gasteiger partial charge in [-0.1, -0.05) is 25.1 Å². The van der Waals surface area contributed by atoms with Gasteiger partial charge in [0.05, 0.1) is 18.8 Å². The van der Waals surface area contributed by atoms with Crippen molar-refractivity contribution in [3.63, 3.8) is 0 Å². The smallest absolute Gasteiger partial charge is 0.323 e. The Hall–Kier alpha value is -3.52. The van der Waals surface area contributed by atoms with Crippen molar-refractivity contribution in [2.75, 3.05) is 41.8 Å². The van der Waals surface area contributed by atoms with E-state index >= 15 is 4.39 Å². The molecule has 0 spiro atoms. The van der Waals surface area contributed by atoms with Crippen molar-refractivity contribution in [3.05, 3.63) is 65.6 Å². The number of carbonyl (C=O) groups excluding carboxylic acids is 1. The van der Waals surface area contributed by atoms with Crippen molar-refractivity contribution in [2.45, 2.75) is 20.3 Å². The number of carbonyl (C=O) groups is 1. The van der Waals surface area contributed by atoms with Crippen LogP contribution in [0.3, 0.4) is 0 Å². The number of nitrogens with zero attached hydrogens (tertiary/aromatic N) is 3. The first-order valence-corrected chi connectivity index (χ1v) is 10.7. The second kappa shape index (κ2) is 9.74. The Morgan fingerprint density at radius 3 is 2.47 bits per heavy atom. The van der Waals surface area contributed by atoms with Gasteiger partial charge in [-0.25, -0.2) is 19.2 Å². The standard InChI is InChI=1S/C24H26FN5O2/c1-3-21-16(2)23(30-11-13-32-14-12-30)29-22(28-21)19-10-9-18(15-20(19)25)27-24(31)26-17-7-5-4-6-8-17/h4-10,15H,3,11-14H2,1-2H3,(H2,26,27,31). The highest BCUT2D eigenvalue weighted by molar-refractivity contribution is 5.99. The molecule has 1 aliphatic rings. The van der Waals surface area contributed by atoms with E-state index in [1.165, 1.54) is 6.07 Å². The maximum Gasteiger partial charge on any atom is 0.323 e. The molecule has 1 aromatic heterocycles. The number of aryl methyl sites for hydroxylation is 1. The van der Waals surface area contributed by atoms with Gasteiger partial charge in [-0.05, 0) is 43.7 Å². The van der Waals surface area contributed by atoms with Crippen LogP contribution in [0, 0.1) is 12.7 Å². The van der Waals surface area contributed by atoms with Crippen LogP contribution in [0.1, 0.15) is 18.2 Å². The lowest BCUT2D eigenvalue weighted by Crippen LogP contribution is -2.37. The summed E-state index contributed by atoms with van der Waals surface area (Å²) in [5.74, 6) is 0.659. The molecule has 1 saturated heterocycles. The highest BCUT2D eigenvalue weighted by atomic mass is 19.1. The van der Waals surface area contributed by atoms with Crippen LogP contribution in [0.4, 0.5) is 26.4 Å². The molecule has 2 heterocycles. The van der Waals surface area contributed by atoms with Crippen molar-refractivity contribution in [1.29, 1.82) is 0 Å². The highest BCUT2D eigenvalue weighted by Gasteiger charge is 2.20. The van der Waals surface area contributed by atoms with Gasteiger partial charge in [0.2, 0.25) is 0 Å². The molecule has 2 aromatic carbocycles.